The summed E-state index contributed by atoms with van der Waals surface area (Å²) in [5, 5.41) is 2.71. The summed E-state index contributed by atoms with van der Waals surface area (Å²) in [6.07, 6.45) is 1.08. The van der Waals surface area contributed by atoms with Crippen LogP contribution < -0.4 is 20.1 Å². The van der Waals surface area contributed by atoms with E-state index >= 15 is 0 Å². The Hall–Kier alpha value is -4.91. The van der Waals surface area contributed by atoms with Crippen LogP contribution in [0.1, 0.15) is 20.8 Å². The van der Waals surface area contributed by atoms with E-state index in [1.54, 1.807) is 6.92 Å². The quantitative estimate of drug-likeness (QED) is 0.0669. The molecule has 0 N–H and O–H groups in total. The van der Waals surface area contributed by atoms with Crippen molar-refractivity contribution in [2.24, 2.45) is 0 Å². The van der Waals surface area contributed by atoms with Gasteiger partial charge in [0.1, 0.15) is 11.5 Å². The van der Waals surface area contributed by atoms with Crippen LogP contribution in [0.15, 0.2) is 196 Å². The van der Waals surface area contributed by atoms with Gasteiger partial charge < -0.3 is 32.5 Å². The molecule has 57 heavy (non-hydrogen) atoms. The van der Waals surface area contributed by atoms with Crippen molar-refractivity contribution in [2.45, 2.75) is 20.8 Å². The molecule has 1 unspecified atom stereocenters. The second kappa shape index (κ2) is 32.2. The van der Waals surface area contributed by atoms with E-state index in [1.807, 2.05) is 86.6 Å². The first-order valence-electron chi connectivity index (χ1n) is 17.6. The minimum absolute atomic E-state index is 0.261. The van der Waals surface area contributed by atoms with E-state index in [-0.39, 0.29) is 13.9 Å². The molecule has 4 aromatic rings. The van der Waals surface area contributed by atoms with E-state index in [9.17, 15) is 9.13 Å². The summed E-state index contributed by atoms with van der Waals surface area (Å²) in [4.78, 5) is 0. The third-order valence-electron chi connectivity index (χ3n) is 6.30. The fourth-order valence-electron chi connectivity index (χ4n) is 3.80. The van der Waals surface area contributed by atoms with Gasteiger partial charge in [0.05, 0.1) is 26.1 Å². The molecule has 0 aromatic heterocycles. The Morgan fingerprint density at radius 2 is 0.930 bits per heavy atom. The van der Waals surface area contributed by atoms with Gasteiger partial charge in [-0.2, -0.15) is 0 Å². The second-order valence-corrected chi connectivity index (χ2v) is 16.4. The molecular formula is C44H57O10P3. The molecule has 4 aromatic carbocycles. The van der Waals surface area contributed by atoms with Gasteiger partial charge in [-0.1, -0.05) is 129 Å². The number of benzene rings is 4. The Morgan fingerprint density at radius 1 is 0.561 bits per heavy atom. The van der Waals surface area contributed by atoms with E-state index in [0.717, 1.165) is 17.9 Å². The van der Waals surface area contributed by atoms with Gasteiger partial charge in [-0.3, -0.25) is 9.09 Å². The lowest BCUT2D eigenvalue weighted by atomic mass is 10.3. The highest BCUT2D eigenvalue weighted by molar-refractivity contribution is 7.75. The van der Waals surface area contributed by atoms with Crippen LogP contribution in [0.25, 0.3) is 0 Å². The Balaban J connectivity index is 0.000000713. The first-order valence-corrected chi connectivity index (χ1v) is 22.2. The van der Waals surface area contributed by atoms with Crippen LogP contribution >= 0.6 is 23.1 Å². The molecule has 308 valence electrons. The first kappa shape index (κ1) is 52.1. The zero-order valence-corrected chi connectivity index (χ0v) is 36.3. The fraction of sp³-hybridized carbons (Fsp3) is 0.182. The van der Waals surface area contributed by atoms with Gasteiger partial charge in [0.15, 0.2) is 0 Å². The van der Waals surface area contributed by atoms with E-state index in [1.165, 1.54) is 24.8 Å². The highest BCUT2D eigenvalue weighted by Crippen LogP contribution is 2.49. The maximum atomic E-state index is 11.1. The van der Waals surface area contributed by atoms with Gasteiger partial charge in [0.2, 0.25) is 0 Å². The van der Waals surface area contributed by atoms with Crippen LogP contribution in [0.5, 0.6) is 11.5 Å². The Labute approximate surface area is 341 Å². The van der Waals surface area contributed by atoms with Crippen LogP contribution in [0, 0.1) is 0 Å². The van der Waals surface area contributed by atoms with Crippen LogP contribution in [-0.4, -0.2) is 34.0 Å². The smallest absolute Gasteiger partial charge is 0.402 e. The predicted octanol–water partition coefficient (Wildman–Crippen LogP) is 12.5. The summed E-state index contributed by atoms with van der Waals surface area (Å²) >= 11 is 0. The maximum Gasteiger partial charge on any atom is 0.402 e. The van der Waals surface area contributed by atoms with Crippen molar-refractivity contribution < 1.29 is 46.2 Å². The summed E-state index contributed by atoms with van der Waals surface area (Å²) in [6, 6.07) is 39.9. The third-order valence-corrected chi connectivity index (χ3v) is 11.3. The highest BCUT2D eigenvalue weighted by atomic mass is 31.2. The molecule has 0 aliphatic heterocycles. The summed E-state index contributed by atoms with van der Waals surface area (Å²) in [5.74, 6) is 6.46. The summed E-state index contributed by atoms with van der Waals surface area (Å²) in [6.45, 7) is 28.0. The predicted molar refractivity (Wildman–Crippen MR) is 237 cm³/mol. The molecule has 0 aliphatic carbocycles. The minimum atomic E-state index is -3.05. The molecule has 4 rings (SSSR count). The molecule has 1 atom stereocenters. The van der Waals surface area contributed by atoms with Gasteiger partial charge in [-0.15, -0.1) is 0 Å². The molecule has 0 bridgehead atoms. The summed E-state index contributed by atoms with van der Waals surface area (Å²) in [5.41, 5.74) is 0. The minimum Gasteiger partial charge on any atom is -0.466 e. The molecule has 0 amide bonds. The lowest BCUT2D eigenvalue weighted by Crippen LogP contribution is -2.08. The highest BCUT2D eigenvalue weighted by Gasteiger charge is 2.17. The summed E-state index contributed by atoms with van der Waals surface area (Å²) in [7, 11) is -3.71. The van der Waals surface area contributed by atoms with Crippen LogP contribution in [0.4, 0.5) is 0 Å². The number of hydrogen-bond acceptors (Lipinski definition) is 10. The van der Waals surface area contributed by atoms with Gasteiger partial charge in [0.25, 0.3) is 11.9 Å². The van der Waals surface area contributed by atoms with E-state index in [4.69, 9.17) is 23.5 Å². The monoisotopic (exact) mass is 838 g/mol. The third kappa shape index (κ3) is 24.4. The molecular weight excluding hydrogens is 781 g/mol. The SMILES string of the molecule is C=C(OCC)OCC.C=C(Oc1ccccc1)Oc1ccccc1.C=COP(=O)(C=C)OCC.C=CP(=O)(OC)OC.C=CP(c1ccccc1)c1ccccc1. The largest absolute Gasteiger partial charge is 0.466 e. The van der Waals surface area contributed by atoms with Crippen molar-refractivity contribution in [3.63, 3.8) is 0 Å². The molecule has 0 saturated heterocycles. The van der Waals surface area contributed by atoms with Crippen LogP contribution in [0.3, 0.4) is 0 Å². The topological polar surface area (TPSA) is 108 Å². The van der Waals surface area contributed by atoms with Crippen LogP contribution in [0.2, 0.25) is 0 Å². The van der Waals surface area contributed by atoms with Crippen molar-refractivity contribution >= 4 is 33.7 Å². The lowest BCUT2D eigenvalue weighted by Gasteiger charge is -2.13. The zero-order valence-electron chi connectivity index (χ0n) is 33.6. The van der Waals surface area contributed by atoms with Crippen molar-refractivity contribution in [1.82, 2.24) is 0 Å². The second-order valence-electron chi connectivity index (χ2n) is 10.2. The van der Waals surface area contributed by atoms with Crippen LogP contribution in [-0.2, 0) is 36.7 Å². The molecule has 0 fully saturated rings. The van der Waals surface area contributed by atoms with Gasteiger partial charge in [-0.25, -0.2) is 4.57 Å². The fourth-order valence-corrected chi connectivity index (χ4v) is 6.77. The van der Waals surface area contributed by atoms with Crippen molar-refractivity contribution in [2.75, 3.05) is 34.0 Å². The average molecular weight is 839 g/mol. The lowest BCUT2D eigenvalue weighted by molar-refractivity contribution is 0.0486. The molecule has 0 saturated carbocycles. The molecule has 13 heteroatoms. The molecule has 0 aliphatic rings. The van der Waals surface area contributed by atoms with E-state index in [0.29, 0.717) is 37.3 Å². The van der Waals surface area contributed by atoms with E-state index in [2.05, 4.69) is 107 Å². The average Bonchev–Trinajstić information content (AvgIpc) is 3.24. The standard InChI is InChI=1S/C14H12O2.C14H13P.C6H11O3P.C6H12O2.C4H9O3P/c1-12(15-13-8-4-2-5-9-13)16-14-10-6-3-7-11-14;1-2-15(13-9-5-3-6-10-13)14-11-7-4-8-12-14;1-4-8-10(7,6-3)9-5-2;1-4-7-6(3)8-5-2;1-4-8(5,6-2)7-3/h2-11H,1H2;2-12H,1H2;4,6H,1,3,5H2,2H3;3-5H2,1-2H3;4H,1H2,2-3H3. The summed E-state index contributed by atoms with van der Waals surface area (Å²) < 4.78 is 60.7. The van der Waals surface area contributed by atoms with Crippen molar-refractivity contribution in [1.29, 1.82) is 0 Å². The molecule has 10 nitrogen and oxygen atoms in total. The molecule has 0 spiro atoms. The number of rotatable bonds is 19. The first-order chi connectivity index (χ1) is 27.4. The molecule has 0 heterocycles. The van der Waals surface area contributed by atoms with E-state index < -0.39 is 15.2 Å². The Morgan fingerprint density at radius 3 is 1.19 bits per heavy atom. The Bertz CT molecular complexity index is 1690. The number of hydrogen-bond donors (Lipinski definition) is 0. The zero-order chi connectivity index (χ0) is 42.8. The van der Waals surface area contributed by atoms with Gasteiger partial charge >= 0.3 is 15.2 Å². The van der Waals surface area contributed by atoms with Crippen molar-refractivity contribution in [3.8, 4) is 11.5 Å². The van der Waals surface area contributed by atoms with Crippen molar-refractivity contribution in [3.05, 3.63) is 196 Å². The number of para-hydroxylation sites is 2. The maximum absolute atomic E-state index is 11.1. The normalized spacial score (nSPS) is 10.8. The Kier molecular flexibility index (Phi) is 29.4. The van der Waals surface area contributed by atoms with Gasteiger partial charge in [-0.05, 0) is 76.7 Å². The molecule has 0 radical (unpaired) electrons. The number of ether oxygens (including phenoxy) is 4. The van der Waals surface area contributed by atoms with Gasteiger partial charge in [0, 0.05) is 25.9 Å².